The highest BCUT2D eigenvalue weighted by Crippen LogP contribution is 2.28. The van der Waals surface area contributed by atoms with Crippen molar-refractivity contribution in [1.82, 2.24) is 4.31 Å². The highest BCUT2D eigenvalue weighted by atomic mass is 79.9. The molecule has 0 radical (unpaired) electrons. The average Bonchev–Trinajstić information content (AvgIpc) is 2.76. The third kappa shape index (κ3) is 3.58. The second-order valence-electron chi connectivity index (χ2n) is 3.95. The van der Waals surface area contributed by atoms with Crippen LogP contribution in [0.3, 0.4) is 0 Å². The first-order valence-electron chi connectivity index (χ1n) is 5.36. The van der Waals surface area contributed by atoms with E-state index in [1.54, 1.807) is 13.1 Å². The van der Waals surface area contributed by atoms with Crippen LogP contribution in [-0.2, 0) is 16.6 Å². The second kappa shape index (κ2) is 5.93. The Bertz CT molecular complexity index is 685. The minimum atomic E-state index is -3.48. The van der Waals surface area contributed by atoms with Gasteiger partial charge in [0, 0.05) is 18.1 Å². The summed E-state index contributed by atoms with van der Waals surface area (Å²) in [4.78, 5) is 0. The average molecular weight is 381 g/mol. The molecule has 1 heterocycles. The highest BCUT2D eigenvalue weighted by molar-refractivity contribution is 9.10. The van der Waals surface area contributed by atoms with Crippen molar-refractivity contribution in [3.8, 4) is 0 Å². The molecule has 0 fully saturated rings. The van der Waals surface area contributed by atoms with Gasteiger partial charge >= 0.3 is 0 Å². The molecule has 7 heteroatoms. The molecule has 0 spiro atoms. The number of thiophene rings is 1. The Morgan fingerprint density at radius 2 is 2.05 bits per heavy atom. The number of nitrogens with zero attached hydrogens (tertiary/aromatic N) is 1. The smallest absolute Gasteiger partial charge is 0.206 e. The van der Waals surface area contributed by atoms with E-state index in [4.69, 9.17) is 11.6 Å². The zero-order valence-electron chi connectivity index (χ0n) is 10.0. The van der Waals surface area contributed by atoms with Gasteiger partial charge in [-0.05, 0) is 29.8 Å². The van der Waals surface area contributed by atoms with Crippen LogP contribution in [0.4, 0.5) is 0 Å². The summed E-state index contributed by atoms with van der Waals surface area (Å²) >= 11 is 10.2. The summed E-state index contributed by atoms with van der Waals surface area (Å²) in [5.41, 5.74) is 0.920. The van der Waals surface area contributed by atoms with Crippen molar-refractivity contribution in [3.63, 3.8) is 0 Å². The molecule has 0 atom stereocenters. The van der Waals surface area contributed by atoms with Gasteiger partial charge in [-0.1, -0.05) is 39.7 Å². The van der Waals surface area contributed by atoms with Gasteiger partial charge in [-0.25, -0.2) is 8.42 Å². The first-order chi connectivity index (χ1) is 8.89. The predicted octanol–water partition coefficient (Wildman–Crippen LogP) is 3.98. The fourth-order valence-corrected chi connectivity index (χ4v) is 4.87. The zero-order chi connectivity index (χ0) is 14.0. The van der Waals surface area contributed by atoms with Gasteiger partial charge < -0.3 is 0 Å². The molecular weight excluding hydrogens is 370 g/mol. The molecule has 0 aliphatic heterocycles. The molecule has 0 amide bonds. The normalized spacial score (nSPS) is 12.0. The molecule has 19 heavy (non-hydrogen) atoms. The third-order valence-electron chi connectivity index (χ3n) is 2.51. The van der Waals surface area contributed by atoms with E-state index in [0.717, 1.165) is 21.4 Å². The Hall–Kier alpha value is -0.400. The number of rotatable bonds is 4. The largest absolute Gasteiger partial charge is 0.252 e. The first kappa shape index (κ1) is 15.0. The summed E-state index contributed by atoms with van der Waals surface area (Å²) in [5.74, 6) is 0. The van der Waals surface area contributed by atoms with Crippen molar-refractivity contribution in [2.75, 3.05) is 7.05 Å². The van der Waals surface area contributed by atoms with E-state index in [0.29, 0.717) is 10.9 Å². The Labute approximate surface area is 130 Å². The molecule has 0 aliphatic carbocycles. The summed E-state index contributed by atoms with van der Waals surface area (Å²) in [6.45, 7) is 0.317. The standard InChI is InChI=1S/C12H11BrClNO2S2/c1-15(8-9-3-2-4-10(13)7-9)19(16,17)12-6-5-11(14)18-12/h2-7H,8H2,1H3. The van der Waals surface area contributed by atoms with E-state index in [-0.39, 0.29) is 4.21 Å². The monoisotopic (exact) mass is 379 g/mol. The molecule has 0 aliphatic rings. The summed E-state index contributed by atoms with van der Waals surface area (Å²) in [5, 5.41) is 0. The lowest BCUT2D eigenvalue weighted by molar-refractivity contribution is 0.468. The van der Waals surface area contributed by atoms with Crippen LogP contribution in [0, 0.1) is 0 Å². The minimum Gasteiger partial charge on any atom is -0.206 e. The van der Waals surface area contributed by atoms with E-state index in [1.807, 2.05) is 24.3 Å². The third-order valence-corrected chi connectivity index (χ3v) is 6.50. The van der Waals surface area contributed by atoms with Crippen molar-refractivity contribution in [2.45, 2.75) is 10.8 Å². The van der Waals surface area contributed by atoms with E-state index in [9.17, 15) is 8.42 Å². The summed E-state index contributed by atoms with van der Waals surface area (Å²) in [6.07, 6.45) is 0. The fraction of sp³-hybridized carbons (Fsp3) is 0.167. The van der Waals surface area contributed by atoms with Gasteiger partial charge in [0.25, 0.3) is 10.0 Å². The summed E-state index contributed by atoms with van der Waals surface area (Å²) in [6, 6.07) is 10.7. The fourth-order valence-electron chi connectivity index (χ4n) is 1.57. The van der Waals surface area contributed by atoms with Crippen LogP contribution >= 0.6 is 38.9 Å². The van der Waals surface area contributed by atoms with Crippen LogP contribution in [0.15, 0.2) is 45.1 Å². The quantitative estimate of drug-likeness (QED) is 0.804. The molecule has 2 aromatic rings. The van der Waals surface area contributed by atoms with Crippen LogP contribution in [0.5, 0.6) is 0 Å². The van der Waals surface area contributed by atoms with Gasteiger partial charge in [-0.15, -0.1) is 11.3 Å². The maximum Gasteiger partial charge on any atom is 0.252 e. The van der Waals surface area contributed by atoms with Gasteiger partial charge in [-0.3, -0.25) is 0 Å². The minimum absolute atomic E-state index is 0.259. The predicted molar refractivity (Wildman–Crippen MR) is 82.1 cm³/mol. The Balaban J connectivity index is 2.22. The number of sulfonamides is 1. The molecule has 0 unspecified atom stereocenters. The second-order valence-corrected chi connectivity index (χ2v) is 8.85. The topological polar surface area (TPSA) is 37.4 Å². The molecule has 2 rings (SSSR count). The lowest BCUT2D eigenvalue weighted by atomic mass is 10.2. The van der Waals surface area contributed by atoms with E-state index < -0.39 is 10.0 Å². The molecule has 0 bridgehead atoms. The SMILES string of the molecule is CN(Cc1cccc(Br)c1)S(=O)(=O)c1ccc(Cl)s1. The van der Waals surface area contributed by atoms with Crippen molar-refractivity contribution in [3.05, 3.63) is 50.8 Å². The number of halogens is 2. The maximum atomic E-state index is 12.3. The van der Waals surface area contributed by atoms with Crippen molar-refractivity contribution < 1.29 is 8.42 Å². The lowest BCUT2D eigenvalue weighted by Crippen LogP contribution is -2.25. The van der Waals surface area contributed by atoms with Crippen LogP contribution in [-0.4, -0.2) is 19.8 Å². The lowest BCUT2D eigenvalue weighted by Gasteiger charge is -2.16. The molecule has 1 aromatic heterocycles. The molecule has 102 valence electrons. The number of hydrogen-bond donors (Lipinski definition) is 0. The molecule has 3 nitrogen and oxygen atoms in total. The Morgan fingerprint density at radius 1 is 1.32 bits per heavy atom. The number of hydrogen-bond acceptors (Lipinski definition) is 3. The molecule has 0 N–H and O–H groups in total. The van der Waals surface area contributed by atoms with Crippen LogP contribution in [0.1, 0.15) is 5.56 Å². The Kier molecular flexibility index (Phi) is 4.68. The van der Waals surface area contributed by atoms with Gasteiger partial charge in [-0.2, -0.15) is 4.31 Å². The molecular formula is C12H11BrClNO2S2. The molecule has 1 aromatic carbocycles. The number of benzene rings is 1. The van der Waals surface area contributed by atoms with E-state index in [1.165, 1.54) is 10.4 Å². The zero-order valence-corrected chi connectivity index (χ0v) is 14.0. The van der Waals surface area contributed by atoms with Crippen molar-refractivity contribution in [2.24, 2.45) is 0 Å². The molecule has 0 saturated heterocycles. The van der Waals surface area contributed by atoms with Gasteiger partial charge in [0.2, 0.25) is 0 Å². The summed E-state index contributed by atoms with van der Waals surface area (Å²) < 4.78 is 27.6. The first-order valence-corrected chi connectivity index (χ1v) is 8.78. The van der Waals surface area contributed by atoms with Gasteiger partial charge in [0.15, 0.2) is 0 Å². The van der Waals surface area contributed by atoms with Gasteiger partial charge in [0.05, 0.1) is 4.34 Å². The van der Waals surface area contributed by atoms with Crippen LogP contribution in [0.25, 0.3) is 0 Å². The Morgan fingerprint density at radius 3 is 2.63 bits per heavy atom. The van der Waals surface area contributed by atoms with Crippen LogP contribution in [0.2, 0.25) is 4.34 Å². The van der Waals surface area contributed by atoms with Crippen LogP contribution < -0.4 is 0 Å². The van der Waals surface area contributed by atoms with Crippen molar-refractivity contribution in [1.29, 1.82) is 0 Å². The van der Waals surface area contributed by atoms with E-state index in [2.05, 4.69) is 15.9 Å². The van der Waals surface area contributed by atoms with E-state index >= 15 is 0 Å². The maximum absolute atomic E-state index is 12.3. The summed E-state index contributed by atoms with van der Waals surface area (Å²) in [7, 11) is -1.92. The molecule has 0 saturated carbocycles. The van der Waals surface area contributed by atoms with Gasteiger partial charge in [0.1, 0.15) is 4.21 Å². The van der Waals surface area contributed by atoms with Crippen molar-refractivity contribution >= 4 is 48.9 Å². The highest BCUT2D eigenvalue weighted by Gasteiger charge is 2.22.